The van der Waals surface area contributed by atoms with Gasteiger partial charge >= 0.3 is 6.18 Å². The summed E-state index contributed by atoms with van der Waals surface area (Å²) in [7, 11) is 1.71. The van der Waals surface area contributed by atoms with Crippen LogP contribution in [0.2, 0.25) is 0 Å². The van der Waals surface area contributed by atoms with Crippen molar-refractivity contribution in [2.75, 3.05) is 11.9 Å². The first-order valence-corrected chi connectivity index (χ1v) is 6.36. The van der Waals surface area contributed by atoms with Crippen LogP contribution < -0.4 is 10.6 Å². The molecule has 0 aliphatic heterocycles. The minimum absolute atomic E-state index is 0.289. The number of thiocarbonyl (C=S) groups is 1. The van der Waals surface area contributed by atoms with E-state index in [1.807, 2.05) is 0 Å². The van der Waals surface area contributed by atoms with Crippen LogP contribution >= 0.6 is 12.2 Å². The second-order valence-corrected chi connectivity index (χ2v) is 4.81. The molecular weight excluding hydrogens is 299 g/mol. The van der Waals surface area contributed by atoms with E-state index in [-0.39, 0.29) is 4.99 Å². The van der Waals surface area contributed by atoms with Gasteiger partial charge in [0.2, 0.25) is 0 Å². The molecule has 1 heterocycles. The molecule has 2 aromatic rings. The summed E-state index contributed by atoms with van der Waals surface area (Å²) in [5.74, 6) is 0.408. The SMILES string of the molecule is CN(c1ccc(C(N)=S)cc1)c1ccc(C(F)(F)F)cn1. The molecule has 0 unspecified atom stereocenters. The van der Waals surface area contributed by atoms with Crippen molar-refractivity contribution < 1.29 is 13.2 Å². The summed E-state index contributed by atoms with van der Waals surface area (Å²) in [6.07, 6.45) is -3.57. The number of hydrogen-bond acceptors (Lipinski definition) is 3. The summed E-state index contributed by atoms with van der Waals surface area (Å²) in [5.41, 5.74) is 6.22. The summed E-state index contributed by atoms with van der Waals surface area (Å²) in [6.45, 7) is 0. The van der Waals surface area contributed by atoms with Crippen LogP contribution in [0.25, 0.3) is 0 Å². The minimum Gasteiger partial charge on any atom is -0.389 e. The van der Waals surface area contributed by atoms with E-state index in [0.717, 1.165) is 23.5 Å². The Hall–Kier alpha value is -2.15. The number of nitrogens with two attached hydrogens (primary N) is 1. The highest BCUT2D eigenvalue weighted by atomic mass is 32.1. The van der Waals surface area contributed by atoms with E-state index in [0.29, 0.717) is 5.82 Å². The van der Waals surface area contributed by atoms with Crippen molar-refractivity contribution in [3.05, 3.63) is 53.7 Å². The highest BCUT2D eigenvalue weighted by molar-refractivity contribution is 7.80. The Morgan fingerprint density at radius 2 is 1.76 bits per heavy atom. The number of halogens is 3. The number of aromatic nitrogens is 1. The van der Waals surface area contributed by atoms with Gasteiger partial charge in [0.1, 0.15) is 10.8 Å². The fraction of sp³-hybridized carbons (Fsp3) is 0.143. The third-order valence-electron chi connectivity index (χ3n) is 2.96. The Morgan fingerprint density at radius 3 is 2.19 bits per heavy atom. The monoisotopic (exact) mass is 311 g/mol. The first-order chi connectivity index (χ1) is 9.79. The van der Waals surface area contributed by atoms with Crippen molar-refractivity contribution in [2.24, 2.45) is 5.73 Å². The van der Waals surface area contributed by atoms with Gasteiger partial charge in [-0.2, -0.15) is 13.2 Å². The Balaban J connectivity index is 2.23. The van der Waals surface area contributed by atoms with Gasteiger partial charge in [0.15, 0.2) is 0 Å². The van der Waals surface area contributed by atoms with E-state index in [9.17, 15) is 13.2 Å². The van der Waals surface area contributed by atoms with E-state index >= 15 is 0 Å². The Bertz CT molecular complexity index is 636. The zero-order valence-electron chi connectivity index (χ0n) is 11.1. The standard InChI is InChI=1S/C14H12F3N3S/c1-20(11-5-2-9(3-6-11)13(18)21)12-7-4-10(8-19-12)14(15,16)17/h2-8H,1H3,(H2,18,21). The largest absolute Gasteiger partial charge is 0.417 e. The van der Waals surface area contributed by atoms with Gasteiger partial charge in [-0.15, -0.1) is 0 Å². The first kappa shape index (κ1) is 15.2. The Labute approximate surface area is 125 Å². The highest BCUT2D eigenvalue weighted by Gasteiger charge is 2.30. The third kappa shape index (κ3) is 3.49. The van der Waals surface area contributed by atoms with Crippen LogP contribution in [0.5, 0.6) is 0 Å². The van der Waals surface area contributed by atoms with Crippen molar-refractivity contribution in [1.82, 2.24) is 4.98 Å². The average molecular weight is 311 g/mol. The molecule has 0 atom stereocenters. The zero-order valence-corrected chi connectivity index (χ0v) is 11.9. The topological polar surface area (TPSA) is 42.1 Å². The van der Waals surface area contributed by atoms with E-state index in [1.54, 1.807) is 36.2 Å². The summed E-state index contributed by atoms with van der Waals surface area (Å²) < 4.78 is 37.5. The zero-order chi connectivity index (χ0) is 15.6. The average Bonchev–Trinajstić information content (AvgIpc) is 2.46. The summed E-state index contributed by atoms with van der Waals surface area (Å²) in [4.78, 5) is 5.79. The van der Waals surface area contributed by atoms with Gasteiger partial charge in [-0.25, -0.2) is 4.98 Å². The smallest absolute Gasteiger partial charge is 0.389 e. The lowest BCUT2D eigenvalue weighted by Gasteiger charge is -2.19. The van der Waals surface area contributed by atoms with E-state index in [1.165, 1.54) is 6.07 Å². The molecule has 0 aliphatic carbocycles. The molecule has 1 aromatic heterocycles. The molecule has 0 saturated carbocycles. The quantitative estimate of drug-likeness (QED) is 0.881. The number of hydrogen-bond donors (Lipinski definition) is 1. The second kappa shape index (κ2) is 5.69. The van der Waals surface area contributed by atoms with Crippen LogP contribution in [0.1, 0.15) is 11.1 Å². The number of pyridine rings is 1. The molecule has 110 valence electrons. The number of nitrogens with zero attached hydrogens (tertiary/aromatic N) is 2. The fourth-order valence-electron chi connectivity index (χ4n) is 1.73. The number of alkyl halides is 3. The highest BCUT2D eigenvalue weighted by Crippen LogP contribution is 2.30. The predicted octanol–water partition coefficient (Wildman–Crippen LogP) is 3.50. The normalized spacial score (nSPS) is 11.2. The summed E-state index contributed by atoms with van der Waals surface area (Å²) in [5, 5.41) is 0. The molecule has 0 aliphatic rings. The van der Waals surface area contributed by atoms with Crippen LogP contribution in [0, 0.1) is 0 Å². The van der Waals surface area contributed by atoms with Gasteiger partial charge in [0.25, 0.3) is 0 Å². The van der Waals surface area contributed by atoms with Gasteiger partial charge in [-0.3, -0.25) is 0 Å². The molecule has 7 heteroatoms. The van der Waals surface area contributed by atoms with Crippen molar-refractivity contribution in [2.45, 2.75) is 6.18 Å². The molecule has 2 rings (SSSR count). The molecule has 0 bridgehead atoms. The maximum atomic E-state index is 12.5. The maximum Gasteiger partial charge on any atom is 0.417 e. The minimum atomic E-state index is -4.39. The maximum absolute atomic E-state index is 12.5. The molecule has 0 saturated heterocycles. The second-order valence-electron chi connectivity index (χ2n) is 4.37. The molecule has 0 spiro atoms. The van der Waals surface area contributed by atoms with Gasteiger partial charge in [-0.05, 0) is 36.4 Å². The fourth-order valence-corrected chi connectivity index (χ4v) is 1.87. The van der Waals surface area contributed by atoms with Crippen LogP contribution in [0.15, 0.2) is 42.6 Å². The van der Waals surface area contributed by atoms with Gasteiger partial charge in [0.05, 0.1) is 5.56 Å². The number of anilines is 2. The molecule has 2 N–H and O–H groups in total. The van der Waals surface area contributed by atoms with Gasteiger partial charge in [0, 0.05) is 24.5 Å². The first-order valence-electron chi connectivity index (χ1n) is 5.96. The van der Waals surface area contributed by atoms with Crippen LogP contribution in [0.4, 0.5) is 24.7 Å². The lowest BCUT2D eigenvalue weighted by molar-refractivity contribution is -0.137. The van der Waals surface area contributed by atoms with Crippen molar-refractivity contribution in [3.63, 3.8) is 0 Å². The third-order valence-corrected chi connectivity index (χ3v) is 3.19. The predicted molar refractivity (Wildman–Crippen MR) is 79.6 cm³/mol. The van der Waals surface area contributed by atoms with Crippen LogP contribution in [-0.2, 0) is 6.18 Å². The van der Waals surface area contributed by atoms with Gasteiger partial charge < -0.3 is 10.6 Å². The molecule has 3 nitrogen and oxygen atoms in total. The number of rotatable bonds is 3. The molecule has 0 fully saturated rings. The summed E-state index contributed by atoms with van der Waals surface area (Å²) in [6, 6.07) is 9.37. The molecule has 21 heavy (non-hydrogen) atoms. The van der Waals surface area contributed by atoms with Crippen molar-refractivity contribution in [3.8, 4) is 0 Å². The van der Waals surface area contributed by atoms with E-state index < -0.39 is 11.7 Å². The summed E-state index contributed by atoms with van der Waals surface area (Å²) >= 11 is 4.86. The number of benzene rings is 1. The molecule has 1 aromatic carbocycles. The Morgan fingerprint density at radius 1 is 1.14 bits per heavy atom. The lowest BCUT2D eigenvalue weighted by atomic mass is 10.2. The van der Waals surface area contributed by atoms with Crippen LogP contribution in [-0.4, -0.2) is 17.0 Å². The van der Waals surface area contributed by atoms with E-state index in [2.05, 4.69) is 4.98 Å². The van der Waals surface area contributed by atoms with Gasteiger partial charge in [-0.1, -0.05) is 12.2 Å². The lowest BCUT2D eigenvalue weighted by Crippen LogP contribution is -2.13. The van der Waals surface area contributed by atoms with Crippen molar-refractivity contribution in [1.29, 1.82) is 0 Å². The van der Waals surface area contributed by atoms with Crippen molar-refractivity contribution >= 4 is 28.7 Å². The van der Waals surface area contributed by atoms with Crippen LogP contribution in [0.3, 0.4) is 0 Å². The molecule has 0 amide bonds. The molecular formula is C14H12F3N3S. The molecule has 0 radical (unpaired) electrons. The Kier molecular flexibility index (Phi) is 4.13. The van der Waals surface area contributed by atoms with E-state index in [4.69, 9.17) is 18.0 Å².